The van der Waals surface area contributed by atoms with Gasteiger partial charge in [-0.25, -0.2) is 14.6 Å². The summed E-state index contributed by atoms with van der Waals surface area (Å²) in [6, 6.07) is 5.50. The number of benzene rings is 1. The second-order valence-corrected chi connectivity index (χ2v) is 8.21. The third-order valence-corrected chi connectivity index (χ3v) is 5.51. The van der Waals surface area contributed by atoms with Crippen LogP contribution < -0.4 is 21.5 Å². The third kappa shape index (κ3) is 4.45. The van der Waals surface area contributed by atoms with Crippen molar-refractivity contribution in [2.24, 2.45) is 11.5 Å². The Bertz CT molecular complexity index is 1090. The number of nitrogens with zero attached hydrogens (tertiary/aromatic N) is 5. The Morgan fingerprint density at radius 3 is 2.88 bits per heavy atom. The molecule has 3 heterocycles. The van der Waals surface area contributed by atoms with Gasteiger partial charge in [-0.05, 0) is 51.8 Å². The SMILES string of the molecule is CC(C)n1ncnc1-c1cn2c(n1)-c1ccc(N[C@H](CCCCN)C(N)=O)cc1OCC2. The molecular formula is C22H30N8O2. The number of imidazole rings is 1. The molecule has 1 atom stereocenters. The molecule has 0 unspecified atom stereocenters. The molecule has 0 aliphatic carbocycles. The van der Waals surface area contributed by atoms with Crippen molar-refractivity contribution in [3.63, 3.8) is 0 Å². The van der Waals surface area contributed by atoms with E-state index >= 15 is 0 Å². The van der Waals surface area contributed by atoms with Crippen LogP contribution in [-0.2, 0) is 11.3 Å². The lowest BCUT2D eigenvalue weighted by Gasteiger charge is -2.18. The topological polar surface area (TPSA) is 139 Å². The molecule has 0 spiro atoms. The standard InChI is InChI=1S/C22H30N8O2/c1-14(2)30-22(25-13-26-30)18-12-29-9-10-32-19-11-15(6-7-16(19)21(29)28-18)27-17(20(24)31)5-3-4-8-23/h6-7,11-14,17,27H,3-5,8-10,23H2,1-2H3,(H2,24,31)/t17-/m1/s1. The highest BCUT2D eigenvalue weighted by atomic mass is 16.5. The number of nitrogens with one attached hydrogen (secondary N) is 1. The first-order chi connectivity index (χ1) is 15.5. The highest BCUT2D eigenvalue weighted by Crippen LogP contribution is 2.36. The molecule has 0 saturated carbocycles. The minimum absolute atomic E-state index is 0.182. The van der Waals surface area contributed by atoms with Gasteiger partial charge in [0.1, 0.15) is 36.2 Å². The fourth-order valence-corrected chi connectivity index (χ4v) is 3.87. The van der Waals surface area contributed by atoms with E-state index in [-0.39, 0.29) is 11.9 Å². The van der Waals surface area contributed by atoms with E-state index in [1.54, 1.807) is 6.33 Å². The first-order valence-corrected chi connectivity index (χ1v) is 11.0. The van der Waals surface area contributed by atoms with Crippen molar-refractivity contribution in [3.8, 4) is 28.7 Å². The van der Waals surface area contributed by atoms with E-state index in [2.05, 4.69) is 33.8 Å². The Morgan fingerprint density at radius 1 is 1.28 bits per heavy atom. The summed E-state index contributed by atoms with van der Waals surface area (Å²) in [6.07, 6.45) is 5.86. The normalized spacial score (nSPS) is 13.8. The molecule has 1 aromatic carbocycles. The van der Waals surface area contributed by atoms with Crippen LogP contribution in [0.15, 0.2) is 30.7 Å². The number of ether oxygens (including phenoxy) is 1. The predicted octanol–water partition coefficient (Wildman–Crippen LogP) is 2.18. The molecule has 5 N–H and O–H groups in total. The van der Waals surface area contributed by atoms with Gasteiger partial charge in [-0.2, -0.15) is 5.10 Å². The fraction of sp³-hybridized carbons (Fsp3) is 0.455. The predicted molar refractivity (Wildman–Crippen MR) is 122 cm³/mol. The van der Waals surface area contributed by atoms with Crippen molar-refractivity contribution >= 4 is 11.6 Å². The molecule has 0 radical (unpaired) electrons. The maximum Gasteiger partial charge on any atom is 0.239 e. The van der Waals surface area contributed by atoms with Gasteiger partial charge in [0.05, 0.1) is 12.1 Å². The Labute approximate surface area is 187 Å². The van der Waals surface area contributed by atoms with Gasteiger partial charge in [0.25, 0.3) is 0 Å². The van der Waals surface area contributed by atoms with Gasteiger partial charge in [0, 0.05) is 24.0 Å². The van der Waals surface area contributed by atoms with Crippen molar-refractivity contribution in [1.82, 2.24) is 24.3 Å². The number of rotatable bonds is 9. The zero-order valence-electron chi connectivity index (χ0n) is 18.5. The fourth-order valence-electron chi connectivity index (χ4n) is 3.87. The Balaban J connectivity index is 1.61. The summed E-state index contributed by atoms with van der Waals surface area (Å²) in [5.41, 5.74) is 13.6. The summed E-state index contributed by atoms with van der Waals surface area (Å²) in [4.78, 5) is 21.1. The number of unbranched alkanes of at least 4 members (excludes halogenated alkanes) is 1. The van der Waals surface area contributed by atoms with Crippen LogP contribution in [0.3, 0.4) is 0 Å². The average Bonchev–Trinajstić information content (AvgIpc) is 3.37. The number of aromatic nitrogens is 5. The quantitative estimate of drug-likeness (QED) is 0.435. The van der Waals surface area contributed by atoms with Crippen molar-refractivity contribution in [2.75, 3.05) is 18.5 Å². The van der Waals surface area contributed by atoms with Gasteiger partial charge in [-0.3, -0.25) is 4.79 Å². The van der Waals surface area contributed by atoms with E-state index in [0.717, 1.165) is 41.4 Å². The van der Waals surface area contributed by atoms with Gasteiger partial charge in [0.2, 0.25) is 5.91 Å². The smallest absolute Gasteiger partial charge is 0.239 e. The number of nitrogens with two attached hydrogens (primary N) is 2. The first kappa shape index (κ1) is 21.8. The summed E-state index contributed by atoms with van der Waals surface area (Å²) in [6.45, 7) is 5.89. The molecule has 2 aromatic heterocycles. The van der Waals surface area contributed by atoms with Crippen LogP contribution in [0.5, 0.6) is 5.75 Å². The van der Waals surface area contributed by atoms with Crippen LogP contribution in [0.2, 0.25) is 0 Å². The molecule has 0 bridgehead atoms. The molecule has 32 heavy (non-hydrogen) atoms. The van der Waals surface area contributed by atoms with Crippen molar-refractivity contribution in [2.45, 2.75) is 51.7 Å². The molecular weight excluding hydrogens is 408 g/mol. The number of hydrogen-bond donors (Lipinski definition) is 3. The van der Waals surface area contributed by atoms with E-state index in [1.807, 2.05) is 29.1 Å². The molecule has 10 nitrogen and oxygen atoms in total. The Morgan fingerprint density at radius 2 is 2.12 bits per heavy atom. The number of carbonyl (C=O) groups is 1. The summed E-state index contributed by atoms with van der Waals surface area (Å²) < 4.78 is 9.93. The second-order valence-electron chi connectivity index (χ2n) is 8.21. The second kappa shape index (κ2) is 9.39. The average molecular weight is 439 g/mol. The van der Waals surface area contributed by atoms with Crippen molar-refractivity contribution < 1.29 is 9.53 Å². The molecule has 170 valence electrons. The van der Waals surface area contributed by atoms with Crippen LogP contribution >= 0.6 is 0 Å². The van der Waals surface area contributed by atoms with E-state index in [4.69, 9.17) is 21.2 Å². The maximum absolute atomic E-state index is 11.9. The van der Waals surface area contributed by atoms with Gasteiger partial charge >= 0.3 is 0 Å². The van der Waals surface area contributed by atoms with Crippen molar-refractivity contribution in [1.29, 1.82) is 0 Å². The molecule has 1 aliphatic rings. The van der Waals surface area contributed by atoms with Crippen LogP contribution in [0.25, 0.3) is 22.9 Å². The maximum atomic E-state index is 11.9. The molecule has 0 fully saturated rings. The molecule has 0 saturated heterocycles. The minimum Gasteiger partial charge on any atom is -0.491 e. The van der Waals surface area contributed by atoms with Crippen LogP contribution in [0.4, 0.5) is 5.69 Å². The Kier molecular flexibility index (Phi) is 6.40. The first-order valence-electron chi connectivity index (χ1n) is 11.0. The highest BCUT2D eigenvalue weighted by molar-refractivity contribution is 5.83. The summed E-state index contributed by atoms with van der Waals surface area (Å²) in [5.74, 6) is 1.88. The van der Waals surface area contributed by atoms with E-state index in [1.165, 1.54) is 0 Å². The van der Waals surface area contributed by atoms with Crippen molar-refractivity contribution in [3.05, 3.63) is 30.7 Å². The Hall–Kier alpha value is -3.40. The minimum atomic E-state index is -0.457. The summed E-state index contributed by atoms with van der Waals surface area (Å²) in [7, 11) is 0. The van der Waals surface area contributed by atoms with E-state index < -0.39 is 6.04 Å². The number of hydrogen-bond acceptors (Lipinski definition) is 7. The van der Waals surface area contributed by atoms with Crippen LogP contribution in [-0.4, -0.2) is 49.4 Å². The lowest BCUT2D eigenvalue weighted by molar-refractivity contribution is -0.118. The largest absolute Gasteiger partial charge is 0.491 e. The molecule has 1 amide bonds. The lowest BCUT2D eigenvalue weighted by atomic mass is 10.1. The summed E-state index contributed by atoms with van der Waals surface area (Å²) >= 11 is 0. The van der Waals surface area contributed by atoms with Crippen LogP contribution in [0.1, 0.15) is 39.2 Å². The monoisotopic (exact) mass is 438 g/mol. The van der Waals surface area contributed by atoms with E-state index in [9.17, 15) is 4.79 Å². The number of primary amides is 1. The highest BCUT2D eigenvalue weighted by Gasteiger charge is 2.22. The van der Waals surface area contributed by atoms with Crippen LogP contribution in [0, 0.1) is 0 Å². The number of fused-ring (bicyclic) bond motifs is 3. The molecule has 4 rings (SSSR count). The summed E-state index contributed by atoms with van der Waals surface area (Å²) in [5, 5.41) is 7.55. The van der Waals surface area contributed by atoms with E-state index in [0.29, 0.717) is 31.9 Å². The van der Waals surface area contributed by atoms with Gasteiger partial charge in [-0.1, -0.05) is 0 Å². The zero-order chi connectivity index (χ0) is 22.7. The third-order valence-electron chi connectivity index (χ3n) is 5.51. The molecule has 3 aromatic rings. The number of anilines is 1. The number of amides is 1. The molecule has 1 aliphatic heterocycles. The van der Waals surface area contributed by atoms with Gasteiger partial charge in [-0.15, -0.1) is 0 Å². The lowest BCUT2D eigenvalue weighted by Crippen LogP contribution is -2.35. The van der Waals surface area contributed by atoms with Gasteiger partial charge in [0.15, 0.2) is 5.82 Å². The zero-order valence-corrected chi connectivity index (χ0v) is 18.5. The van der Waals surface area contributed by atoms with Gasteiger partial charge < -0.3 is 26.1 Å². The number of carbonyl (C=O) groups excluding carboxylic acids is 1. The molecule has 10 heteroatoms.